The van der Waals surface area contributed by atoms with Crippen molar-refractivity contribution in [1.29, 1.82) is 0 Å². The molecular weight excluding hydrogens is 260 g/mol. The first-order valence-electron chi connectivity index (χ1n) is 7.41. The van der Waals surface area contributed by atoms with Crippen LogP contribution in [0.25, 0.3) is 0 Å². The quantitative estimate of drug-likeness (QED) is 0.746. The summed E-state index contributed by atoms with van der Waals surface area (Å²) in [6.07, 6.45) is 1.11. The second-order valence-electron chi connectivity index (χ2n) is 5.90. The minimum atomic E-state index is 0.180. The van der Waals surface area contributed by atoms with E-state index in [4.69, 9.17) is 9.47 Å². The van der Waals surface area contributed by atoms with E-state index in [9.17, 15) is 0 Å². The Hall–Kier alpha value is -1.96. The molecule has 112 valence electrons. The van der Waals surface area contributed by atoms with Crippen molar-refractivity contribution in [3.05, 3.63) is 59.7 Å². The van der Waals surface area contributed by atoms with Gasteiger partial charge in [-0.3, -0.25) is 0 Å². The van der Waals surface area contributed by atoms with E-state index < -0.39 is 0 Å². The maximum Gasteiger partial charge on any atom is 0.120 e. The molecule has 0 amide bonds. The molecule has 2 nitrogen and oxygen atoms in total. The number of benzene rings is 2. The Bertz CT molecular complexity index is 570. The predicted octanol–water partition coefficient (Wildman–Crippen LogP) is 4.96. The molecule has 0 radical (unpaired) electrons. The minimum Gasteiger partial charge on any atom is -0.497 e. The van der Waals surface area contributed by atoms with Crippen LogP contribution in [0.4, 0.5) is 0 Å². The summed E-state index contributed by atoms with van der Waals surface area (Å²) < 4.78 is 11.1. The van der Waals surface area contributed by atoms with E-state index in [0.29, 0.717) is 6.61 Å². The maximum atomic E-state index is 5.91. The molecule has 0 saturated carbocycles. The van der Waals surface area contributed by atoms with Crippen molar-refractivity contribution >= 4 is 0 Å². The molecule has 2 aromatic rings. The smallest absolute Gasteiger partial charge is 0.120 e. The molecule has 0 aliphatic carbocycles. The molecule has 0 atom stereocenters. The minimum absolute atomic E-state index is 0.180. The van der Waals surface area contributed by atoms with Crippen molar-refractivity contribution in [2.45, 2.75) is 39.2 Å². The van der Waals surface area contributed by atoms with Crippen molar-refractivity contribution in [1.82, 2.24) is 0 Å². The van der Waals surface area contributed by atoms with E-state index in [2.05, 4.69) is 39.0 Å². The molecule has 0 spiro atoms. The fraction of sp³-hybridized carbons (Fsp3) is 0.368. The standard InChI is InChI=1S/C19H24O2/c1-5-19(2,3)16-7-6-8-18(13-16)21-14-15-9-11-17(20-4)12-10-15/h6-13H,5,14H2,1-4H3. The van der Waals surface area contributed by atoms with Crippen LogP contribution in [-0.2, 0) is 12.0 Å². The van der Waals surface area contributed by atoms with Gasteiger partial charge in [-0.1, -0.05) is 45.0 Å². The first-order chi connectivity index (χ1) is 10.0. The fourth-order valence-corrected chi connectivity index (χ4v) is 2.10. The number of ether oxygens (including phenoxy) is 2. The third kappa shape index (κ3) is 4.01. The third-order valence-corrected chi connectivity index (χ3v) is 4.06. The molecule has 0 fully saturated rings. The first-order valence-corrected chi connectivity index (χ1v) is 7.41. The van der Waals surface area contributed by atoms with Crippen LogP contribution < -0.4 is 9.47 Å². The molecule has 0 aliphatic heterocycles. The van der Waals surface area contributed by atoms with Gasteiger partial charge in [-0.2, -0.15) is 0 Å². The highest BCUT2D eigenvalue weighted by atomic mass is 16.5. The molecule has 2 heteroatoms. The molecule has 2 rings (SSSR count). The van der Waals surface area contributed by atoms with Gasteiger partial charge < -0.3 is 9.47 Å². The maximum absolute atomic E-state index is 5.91. The molecule has 0 unspecified atom stereocenters. The zero-order valence-electron chi connectivity index (χ0n) is 13.3. The lowest BCUT2D eigenvalue weighted by molar-refractivity contribution is 0.305. The van der Waals surface area contributed by atoms with Crippen LogP contribution >= 0.6 is 0 Å². The highest BCUT2D eigenvalue weighted by Crippen LogP contribution is 2.29. The first kappa shape index (κ1) is 15.4. The SMILES string of the molecule is CCC(C)(C)c1cccc(OCc2ccc(OC)cc2)c1. The summed E-state index contributed by atoms with van der Waals surface area (Å²) in [6.45, 7) is 7.30. The molecule has 0 aliphatic rings. The van der Waals surface area contributed by atoms with Crippen molar-refractivity contribution in [3.8, 4) is 11.5 Å². The summed E-state index contributed by atoms with van der Waals surface area (Å²) in [5.41, 5.74) is 2.63. The van der Waals surface area contributed by atoms with Gasteiger partial charge in [-0.15, -0.1) is 0 Å². The van der Waals surface area contributed by atoms with Crippen molar-refractivity contribution in [3.63, 3.8) is 0 Å². The molecule has 0 heterocycles. The van der Waals surface area contributed by atoms with Crippen molar-refractivity contribution < 1.29 is 9.47 Å². The predicted molar refractivity (Wildman–Crippen MR) is 87.1 cm³/mol. The highest BCUT2D eigenvalue weighted by Gasteiger charge is 2.18. The van der Waals surface area contributed by atoms with E-state index >= 15 is 0 Å². The summed E-state index contributed by atoms with van der Waals surface area (Å²) in [7, 11) is 1.67. The van der Waals surface area contributed by atoms with Gasteiger partial charge in [0, 0.05) is 0 Å². The zero-order chi connectivity index (χ0) is 15.3. The summed E-state index contributed by atoms with van der Waals surface area (Å²) in [5, 5.41) is 0. The van der Waals surface area contributed by atoms with Gasteiger partial charge in [0.25, 0.3) is 0 Å². The van der Waals surface area contributed by atoms with E-state index in [1.165, 1.54) is 5.56 Å². The van der Waals surface area contributed by atoms with E-state index in [1.54, 1.807) is 7.11 Å². The lowest BCUT2D eigenvalue weighted by Crippen LogP contribution is -2.15. The number of hydrogen-bond donors (Lipinski definition) is 0. The Morgan fingerprint density at radius 1 is 0.952 bits per heavy atom. The van der Waals surface area contributed by atoms with Crippen LogP contribution in [0.5, 0.6) is 11.5 Å². The summed E-state index contributed by atoms with van der Waals surface area (Å²) in [5.74, 6) is 1.79. The van der Waals surface area contributed by atoms with Gasteiger partial charge in [0.15, 0.2) is 0 Å². The normalized spacial score (nSPS) is 11.2. The topological polar surface area (TPSA) is 18.5 Å². The monoisotopic (exact) mass is 284 g/mol. The van der Waals surface area contributed by atoms with Crippen molar-refractivity contribution in [2.24, 2.45) is 0 Å². The highest BCUT2D eigenvalue weighted by molar-refractivity contribution is 5.33. The van der Waals surface area contributed by atoms with Crippen LogP contribution in [0, 0.1) is 0 Å². The lowest BCUT2D eigenvalue weighted by atomic mass is 9.82. The van der Waals surface area contributed by atoms with Gasteiger partial charge in [0.1, 0.15) is 18.1 Å². The van der Waals surface area contributed by atoms with Crippen LogP contribution in [0.2, 0.25) is 0 Å². The summed E-state index contributed by atoms with van der Waals surface area (Å²) in [6, 6.07) is 16.4. The van der Waals surface area contributed by atoms with Crippen LogP contribution in [0.1, 0.15) is 38.3 Å². The Kier molecular flexibility index (Phi) is 4.89. The van der Waals surface area contributed by atoms with E-state index in [0.717, 1.165) is 23.5 Å². The van der Waals surface area contributed by atoms with Crippen molar-refractivity contribution in [2.75, 3.05) is 7.11 Å². The Morgan fingerprint density at radius 2 is 1.67 bits per heavy atom. The summed E-state index contributed by atoms with van der Waals surface area (Å²) in [4.78, 5) is 0. The molecule has 0 saturated heterocycles. The molecule has 0 aromatic heterocycles. The average molecular weight is 284 g/mol. The van der Waals surface area contributed by atoms with Gasteiger partial charge >= 0.3 is 0 Å². The second-order valence-corrected chi connectivity index (χ2v) is 5.90. The molecule has 21 heavy (non-hydrogen) atoms. The largest absolute Gasteiger partial charge is 0.497 e. The van der Waals surface area contributed by atoms with Crippen LogP contribution in [0.15, 0.2) is 48.5 Å². The molecule has 0 bridgehead atoms. The van der Waals surface area contributed by atoms with E-state index in [-0.39, 0.29) is 5.41 Å². The van der Waals surface area contributed by atoms with Gasteiger partial charge in [-0.25, -0.2) is 0 Å². The van der Waals surface area contributed by atoms with Crippen LogP contribution in [-0.4, -0.2) is 7.11 Å². The Labute approximate surface area is 127 Å². The summed E-state index contributed by atoms with van der Waals surface area (Å²) >= 11 is 0. The Morgan fingerprint density at radius 3 is 2.29 bits per heavy atom. The van der Waals surface area contributed by atoms with Gasteiger partial charge in [-0.05, 0) is 47.2 Å². The Balaban J connectivity index is 2.04. The molecule has 0 N–H and O–H groups in total. The van der Waals surface area contributed by atoms with Gasteiger partial charge in [0.2, 0.25) is 0 Å². The molecular formula is C19H24O2. The van der Waals surface area contributed by atoms with Crippen LogP contribution in [0.3, 0.4) is 0 Å². The number of rotatable bonds is 6. The average Bonchev–Trinajstić information content (AvgIpc) is 2.53. The van der Waals surface area contributed by atoms with E-state index in [1.807, 2.05) is 30.3 Å². The number of methoxy groups -OCH3 is 1. The molecule has 2 aromatic carbocycles. The lowest BCUT2D eigenvalue weighted by Gasteiger charge is -2.23. The zero-order valence-corrected chi connectivity index (χ0v) is 13.3. The number of hydrogen-bond acceptors (Lipinski definition) is 2. The third-order valence-electron chi connectivity index (χ3n) is 4.06. The second kappa shape index (κ2) is 6.66. The van der Waals surface area contributed by atoms with Gasteiger partial charge in [0.05, 0.1) is 7.11 Å². The fourth-order valence-electron chi connectivity index (χ4n) is 2.10.